The number of imidazole rings is 1. The maximum absolute atomic E-state index is 9.37. The molecule has 0 amide bonds. The van der Waals surface area contributed by atoms with Crippen LogP contribution in [0.5, 0.6) is 0 Å². The Morgan fingerprint density at radius 1 is 1.50 bits per heavy atom. The first-order chi connectivity index (χ1) is 5.79. The van der Waals surface area contributed by atoms with Gasteiger partial charge in [0, 0.05) is 25.4 Å². The van der Waals surface area contributed by atoms with E-state index in [1.165, 1.54) is 10.8 Å². The van der Waals surface area contributed by atoms with Crippen molar-refractivity contribution in [3.8, 4) is 0 Å². The lowest BCUT2D eigenvalue weighted by Gasteiger charge is -2.12. The SMILES string of the molecule is OCCC(O)n1ccnc1CO. The van der Waals surface area contributed by atoms with E-state index in [1.54, 1.807) is 6.20 Å². The van der Waals surface area contributed by atoms with Gasteiger partial charge >= 0.3 is 0 Å². The molecule has 0 radical (unpaired) electrons. The topological polar surface area (TPSA) is 78.5 Å². The number of rotatable bonds is 4. The van der Waals surface area contributed by atoms with Crippen molar-refractivity contribution < 1.29 is 15.3 Å². The average molecular weight is 172 g/mol. The third-order valence-corrected chi connectivity index (χ3v) is 1.60. The predicted octanol–water partition coefficient (Wildman–Crippen LogP) is -0.751. The molecule has 0 saturated carbocycles. The lowest BCUT2D eigenvalue weighted by Crippen LogP contribution is -2.12. The molecule has 0 saturated heterocycles. The summed E-state index contributed by atoms with van der Waals surface area (Å²) in [5.41, 5.74) is 0. The van der Waals surface area contributed by atoms with Crippen molar-refractivity contribution in [3.05, 3.63) is 18.2 Å². The third-order valence-electron chi connectivity index (χ3n) is 1.60. The van der Waals surface area contributed by atoms with Crippen LogP contribution in [0.4, 0.5) is 0 Å². The Balaban J connectivity index is 2.71. The van der Waals surface area contributed by atoms with E-state index in [-0.39, 0.29) is 19.6 Å². The van der Waals surface area contributed by atoms with Crippen LogP contribution in [-0.4, -0.2) is 31.5 Å². The highest BCUT2D eigenvalue weighted by Crippen LogP contribution is 2.09. The summed E-state index contributed by atoms with van der Waals surface area (Å²) >= 11 is 0. The Hall–Kier alpha value is -0.910. The lowest BCUT2D eigenvalue weighted by atomic mass is 10.4. The molecule has 1 heterocycles. The predicted molar refractivity (Wildman–Crippen MR) is 41.1 cm³/mol. The molecule has 1 aromatic heterocycles. The summed E-state index contributed by atoms with van der Waals surface area (Å²) in [6, 6.07) is 0. The van der Waals surface area contributed by atoms with Crippen molar-refractivity contribution in [2.24, 2.45) is 0 Å². The molecule has 68 valence electrons. The smallest absolute Gasteiger partial charge is 0.136 e. The number of hydrogen-bond donors (Lipinski definition) is 3. The normalized spacial score (nSPS) is 13.2. The highest BCUT2D eigenvalue weighted by Gasteiger charge is 2.09. The lowest BCUT2D eigenvalue weighted by molar-refractivity contribution is 0.0662. The van der Waals surface area contributed by atoms with Gasteiger partial charge in [-0.2, -0.15) is 0 Å². The van der Waals surface area contributed by atoms with E-state index < -0.39 is 6.23 Å². The van der Waals surface area contributed by atoms with Gasteiger partial charge in [-0.3, -0.25) is 0 Å². The van der Waals surface area contributed by atoms with E-state index in [4.69, 9.17) is 10.2 Å². The van der Waals surface area contributed by atoms with Crippen LogP contribution in [0.3, 0.4) is 0 Å². The van der Waals surface area contributed by atoms with Gasteiger partial charge in [0.05, 0.1) is 0 Å². The fraction of sp³-hybridized carbons (Fsp3) is 0.571. The van der Waals surface area contributed by atoms with Crippen LogP contribution in [0, 0.1) is 0 Å². The quantitative estimate of drug-likeness (QED) is 0.558. The Labute approximate surface area is 69.9 Å². The summed E-state index contributed by atoms with van der Waals surface area (Å²) in [4.78, 5) is 3.81. The van der Waals surface area contributed by atoms with Gasteiger partial charge in [-0.05, 0) is 0 Å². The van der Waals surface area contributed by atoms with Crippen molar-refractivity contribution >= 4 is 0 Å². The first-order valence-electron chi connectivity index (χ1n) is 3.71. The Morgan fingerprint density at radius 3 is 2.83 bits per heavy atom. The Kier molecular flexibility index (Phi) is 3.21. The zero-order valence-corrected chi connectivity index (χ0v) is 6.59. The molecule has 12 heavy (non-hydrogen) atoms. The molecular weight excluding hydrogens is 160 g/mol. The van der Waals surface area contributed by atoms with E-state index in [9.17, 15) is 5.11 Å². The molecule has 1 atom stereocenters. The van der Waals surface area contributed by atoms with E-state index in [0.29, 0.717) is 5.82 Å². The van der Waals surface area contributed by atoms with Gasteiger partial charge in [-0.15, -0.1) is 0 Å². The van der Waals surface area contributed by atoms with E-state index in [2.05, 4.69) is 4.98 Å². The van der Waals surface area contributed by atoms with Crippen LogP contribution in [0.1, 0.15) is 18.5 Å². The molecule has 5 nitrogen and oxygen atoms in total. The molecule has 0 aliphatic heterocycles. The minimum Gasteiger partial charge on any atom is -0.396 e. The van der Waals surface area contributed by atoms with Crippen molar-refractivity contribution in [2.75, 3.05) is 6.61 Å². The van der Waals surface area contributed by atoms with Crippen LogP contribution in [0.25, 0.3) is 0 Å². The van der Waals surface area contributed by atoms with Crippen molar-refractivity contribution in [1.29, 1.82) is 0 Å². The Bertz CT molecular complexity index is 236. The molecule has 0 spiro atoms. The number of aliphatic hydroxyl groups excluding tert-OH is 3. The summed E-state index contributed by atoms with van der Waals surface area (Å²) < 4.78 is 1.43. The second kappa shape index (κ2) is 4.20. The molecule has 1 rings (SSSR count). The zero-order valence-electron chi connectivity index (χ0n) is 6.59. The standard InChI is InChI=1S/C7H12N2O3/c10-4-1-7(12)9-3-2-8-6(9)5-11/h2-3,7,10-12H,1,4-5H2. The maximum Gasteiger partial charge on any atom is 0.136 e. The van der Waals surface area contributed by atoms with Gasteiger partial charge in [-0.25, -0.2) is 4.98 Å². The average Bonchev–Trinajstić information content (AvgIpc) is 2.51. The van der Waals surface area contributed by atoms with Gasteiger partial charge < -0.3 is 19.9 Å². The highest BCUT2D eigenvalue weighted by molar-refractivity contribution is 4.91. The molecule has 0 aromatic carbocycles. The van der Waals surface area contributed by atoms with Crippen LogP contribution in [-0.2, 0) is 6.61 Å². The van der Waals surface area contributed by atoms with Gasteiger partial charge in [0.1, 0.15) is 18.7 Å². The molecule has 0 aliphatic rings. The first kappa shape index (κ1) is 9.18. The van der Waals surface area contributed by atoms with Gasteiger partial charge in [0.25, 0.3) is 0 Å². The molecule has 1 aromatic rings. The van der Waals surface area contributed by atoms with Crippen LogP contribution < -0.4 is 0 Å². The molecular formula is C7H12N2O3. The molecule has 1 unspecified atom stereocenters. The number of nitrogens with zero attached hydrogens (tertiary/aromatic N) is 2. The summed E-state index contributed by atoms with van der Waals surface area (Å²) in [5.74, 6) is 0.399. The fourth-order valence-electron chi connectivity index (χ4n) is 0.992. The van der Waals surface area contributed by atoms with Crippen molar-refractivity contribution in [3.63, 3.8) is 0 Å². The highest BCUT2D eigenvalue weighted by atomic mass is 16.3. The summed E-state index contributed by atoms with van der Waals surface area (Å²) in [6.07, 6.45) is 2.49. The zero-order chi connectivity index (χ0) is 8.97. The minimum absolute atomic E-state index is 0.0930. The molecule has 3 N–H and O–H groups in total. The minimum atomic E-state index is -0.806. The third kappa shape index (κ3) is 1.82. The number of aliphatic hydroxyl groups is 3. The first-order valence-corrected chi connectivity index (χ1v) is 3.71. The fourth-order valence-corrected chi connectivity index (χ4v) is 0.992. The van der Waals surface area contributed by atoms with Crippen LogP contribution >= 0.6 is 0 Å². The van der Waals surface area contributed by atoms with E-state index >= 15 is 0 Å². The second-order valence-electron chi connectivity index (χ2n) is 2.40. The van der Waals surface area contributed by atoms with Gasteiger partial charge in [0.15, 0.2) is 0 Å². The summed E-state index contributed by atoms with van der Waals surface area (Å²) in [7, 11) is 0. The number of aromatic nitrogens is 2. The summed E-state index contributed by atoms with van der Waals surface area (Å²) in [5, 5.41) is 26.7. The van der Waals surface area contributed by atoms with Crippen LogP contribution in [0.2, 0.25) is 0 Å². The largest absolute Gasteiger partial charge is 0.396 e. The maximum atomic E-state index is 9.37. The number of hydrogen-bond acceptors (Lipinski definition) is 4. The van der Waals surface area contributed by atoms with Crippen molar-refractivity contribution in [1.82, 2.24) is 9.55 Å². The monoisotopic (exact) mass is 172 g/mol. The van der Waals surface area contributed by atoms with E-state index in [1.807, 2.05) is 0 Å². The van der Waals surface area contributed by atoms with Gasteiger partial charge in [-0.1, -0.05) is 0 Å². The van der Waals surface area contributed by atoms with Crippen molar-refractivity contribution in [2.45, 2.75) is 19.3 Å². The second-order valence-corrected chi connectivity index (χ2v) is 2.40. The van der Waals surface area contributed by atoms with Gasteiger partial charge in [0.2, 0.25) is 0 Å². The Morgan fingerprint density at radius 2 is 2.25 bits per heavy atom. The molecule has 0 aliphatic carbocycles. The van der Waals surface area contributed by atoms with Crippen LogP contribution in [0.15, 0.2) is 12.4 Å². The molecule has 5 heteroatoms. The molecule has 0 fully saturated rings. The summed E-state index contributed by atoms with van der Waals surface area (Å²) in [6.45, 7) is -0.306. The van der Waals surface area contributed by atoms with E-state index in [0.717, 1.165) is 0 Å². The molecule has 0 bridgehead atoms.